The number of nitrogens with zero attached hydrogens (tertiary/aromatic N) is 1. The smallest absolute Gasteiger partial charge is 0.327 e. The second-order valence-corrected chi connectivity index (χ2v) is 2.45. The fourth-order valence-electron chi connectivity index (χ4n) is 0.845. The largest absolute Gasteiger partial charge is 0.465 e. The van der Waals surface area contributed by atoms with E-state index in [-0.39, 0.29) is 12.0 Å². The summed E-state index contributed by atoms with van der Waals surface area (Å²) in [6.07, 6.45) is 1.64. The SMILES string of the molecule is C=CCON1CC1C(=O)OCC. The van der Waals surface area contributed by atoms with Gasteiger partial charge in [0.1, 0.15) is 6.04 Å². The average molecular weight is 171 g/mol. The molecule has 0 aromatic carbocycles. The lowest BCUT2D eigenvalue weighted by atomic mass is 10.5. The molecule has 0 aliphatic carbocycles. The first-order valence-electron chi connectivity index (χ1n) is 3.96. The van der Waals surface area contributed by atoms with E-state index in [1.165, 1.54) is 0 Å². The molecule has 1 saturated heterocycles. The Kier molecular flexibility index (Phi) is 3.25. The maximum Gasteiger partial charge on any atom is 0.327 e. The minimum atomic E-state index is -0.207. The Morgan fingerprint density at radius 2 is 2.58 bits per heavy atom. The summed E-state index contributed by atoms with van der Waals surface area (Å²) in [5.41, 5.74) is 0. The molecule has 0 bridgehead atoms. The standard InChI is InChI=1S/C8H13NO3/c1-3-5-12-9-6-7(9)8(10)11-4-2/h3,7H,1,4-6H2,2H3. The zero-order valence-electron chi connectivity index (χ0n) is 7.16. The third-order valence-corrected chi connectivity index (χ3v) is 1.48. The molecule has 0 amide bonds. The molecule has 0 aromatic heterocycles. The van der Waals surface area contributed by atoms with Gasteiger partial charge in [-0.1, -0.05) is 6.08 Å². The summed E-state index contributed by atoms with van der Waals surface area (Å²) >= 11 is 0. The number of esters is 1. The number of hydrogen-bond donors (Lipinski definition) is 0. The fraction of sp³-hybridized carbons (Fsp3) is 0.625. The number of ether oxygens (including phenoxy) is 1. The molecule has 12 heavy (non-hydrogen) atoms. The van der Waals surface area contributed by atoms with Crippen LogP contribution in [0.5, 0.6) is 0 Å². The first-order chi connectivity index (χ1) is 5.79. The van der Waals surface area contributed by atoms with E-state index in [4.69, 9.17) is 9.57 Å². The van der Waals surface area contributed by atoms with Crippen molar-refractivity contribution in [2.24, 2.45) is 0 Å². The Morgan fingerprint density at radius 3 is 3.17 bits per heavy atom. The second-order valence-electron chi connectivity index (χ2n) is 2.45. The molecular weight excluding hydrogens is 158 g/mol. The van der Waals surface area contributed by atoms with Crippen molar-refractivity contribution in [3.8, 4) is 0 Å². The highest BCUT2D eigenvalue weighted by Gasteiger charge is 2.43. The van der Waals surface area contributed by atoms with Crippen LogP contribution in [0, 0.1) is 0 Å². The van der Waals surface area contributed by atoms with Gasteiger partial charge in [-0.25, -0.2) is 0 Å². The molecular formula is C8H13NO3. The van der Waals surface area contributed by atoms with Crippen LogP contribution in [0.1, 0.15) is 6.92 Å². The van der Waals surface area contributed by atoms with Crippen LogP contribution in [0.2, 0.25) is 0 Å². The lowest BCUT2D eigenvalue weighted by molar-refractivity contribution is -0.149. The van der Waals surface area contributed by atoms with Crippen molar-refractivity contribution in [3.63, 3.8) is 0 Å². The van der Waals surface area contributed by atoms with Crippen LogP contribution in [0.3, 0.4) is 0 Å². The van der Waals surface area contributed by atoms with E-state index in [1.54, 1.807) is 18.1 Å². The first kappa shape index (κ1) is 9.22. The first-order valence-corrected chi connectivity index (χ1v) is 3.96. The Morgan fingerprint density at radius 1 is 1.83 bits per heavy atom. The number of rotatable bonds is 5. The minimum Gasteiger partial charge on any atom is -0.465 e. The van der Waals surface area contributed by atoms with Gasteiger partial charge >= 0.3 is 5.97 Å². The molecule has 4 heteroatoms. The molecule has 1 heterocycles. The molecule has 0 aromatic rings. The molecule has 4 nitrogen and oxygen atoms in total. The third kappa shape index (κ3) is 2.32. The van der Waals surface area contributed by atoms with Gasteiger partial charge in [0.2, 0.25) is 0 Å². The molecule has 0 spiro atoms. The molecule has 1 fully saturated rings. The second kappa shape index (κ2) is 4.23. The van der Waals surface area contributed by atoms with E-state index in [0.717, 1.165) is 0 Å². The van der Waals surface area contributed by atoms with Gasteiger partial charge in [0.05, 0.1) is 19.8 Å². The van der Waals surface area contributed by atoms with E-state index in [1.807, 2.05) is 0 Å². The summed E-state index contributed by atoms with van der Waals surface area (Å²) in [6.45, 7) is 6.78. The molecule has 1 aliphatic heterocycles. The number of hydrogen-bond acceptors (Lipinski definition) is 4. The van der Waals surface area contributed by atoms with Gasteiger partial charge in [0, 0.05) is 0 Å². The minimum absolute atomic E-state index is 0.190. The van der Waals surface area contributed by atoms with Gasteiger partial charge in [0.15, 0.2) is 0 Å². The van der Waals surface area contributed by atoms with Gasteiger partial charge < -0.3 is 4.74 Å². The topological polar surface area (TPSA) is 38.5 Å². The highest BCUT2D eigenvalue weighted by atomic mass is 16.7. The van der Waals surface area contributed by atoms with Crippen LogP contribution < -0.4 is 0 Å². The van der Waals surface area contributed by atoms with Crippen LogP contribution in [-0.2, 0) is 14.4 Å². The highest BCUT2D eigenvalue weighted by Crippen LogP contribution is 2.18. The summed E-state index contributed by atoms with van der Waals surface area (Å²) in [5.74, 6) is -0.207. The van der Waals surface area contributed by atoms with Crippen LogP contribution in [0.4, 0.5) is 0 Å². The third-order valence-electron chi connectivity index (χ3n) is 1.48. The maximum absolute atomic E-state index is 11.0. The van der Waals surface area contributed by atoms with Crippen molar-refractivity contribution in [1.82, 2.24) is 5.06 Å². The Balaban J connectivity index is 2.14. The number of carbonyl (C=O) groups excluding carboxylic acids is 1. The Bertz CT molecular complexity index is 181. The zero-order chi connectivity index (χ0) is 8.97. The van der Waals surface area contributed by atoms with Crippen LogP contribution >= 0.6 is 0 Å². The van der Waals surface area contributed by atoms with Crippen molar-refractivity contribution in [2.45, 2.75) is 13.0 Å². The van der Waals surface area contributed by atoms with Crippen molar-refractivity contribution >= 4 is 5.97 Å². The summed E-state index contributed by atoms with van der Waals surface area (Å²) in [4.78, 5) is 16.1. The Labute approximate surface area is 71.7 Å². The molecule has 68 valence electrons. The summed E-state index contributed by atoms with van der Waals surface area (Å²) < 4.78 is 4.79. The molecule has 0 radical (unpaired) electrons. The summed E-state index contributed by atoms with van der Waals surface area (Å²) in [6, 6.07) is -0.190. The van der Waals surface area contributed by atoms with E-state index < -0.39 is 0 Å². The van der Waals surface area contributed by atoms with Gasteiger partial charge in [-0.3, -0.25) is 9.63 Å². The van der Waals surface area contributed by atoms with Gasteiger partial charge in [0.25, 0.3) is 0 Å². The van der Waals surface area contributed by atoms with E-state index in [0.29, 0.717) is 19.8 Å². The Hall–Kier alpha value is -0.870. The average Bonchev–Trinajstić information content (AvgIpc) is 2.80. The lowest BCUT2D eigenvalue weighted by Gasteiger charge is -2.01. The molecule has 2 unspecified atom stereocenters. The molecule has 0 saturated carbocycles. The van der Waals surface area contributed by atoms with Crippen LogP contribution in [-0.4, -0.2) is 36.8 Å². The van der Waals surface area contributed by atoms with Crippen LogP contribution in [0.15, 0.2) is 12.7 Å². The molecule has 1 aliphatic rings. The molecule has 2 atom stereocenters. The predicted molar refractivity (Wildman–Crippen MR) is 43.3 cm³/mol. The predicted octanol–water partition coefficient (Wildman–Crippen LogP) is 0.351. The van der Waals surface area contributed by atoms with Gasteiger partial charge in [-0.05, 0) is 6.92 Å². The van der Waals surface area contributed by atoms with Gasteiger partial charge in [-0.15, -0.1) is 6.58 Å². The summed E-state index contributed by atoms with van der Waals surface area (Å²) in [7, 11) is 0. The van der Waals surface area contributed by atoms with E-state index in [9.17, 15) is 4.79 Å². The monoisotopic (exact) mass is 171 g/mol. The zero-order valence-corrected chi connectivity index (χ0v) is 7.16. The number of carbonyl (C=O) groups is 1. The summed E-state index contributed by atoms with van der Waals surface area (Å²) in [5, 5.41) is 1.58. The maximum atomic E-state index is 11.0. The van der Waals surface area contributed by atoms with Crippen molar-refractivity contribution in [2.75, 3.05) is 19.8 Å². The molecule has 1 rings (SSSR count). The van der Waals surface area contributed by atoms with Crippen LogP contribution in [0.25, 0.3) is 0 Å². The lowest BCUT2D eigenvalue weighted by Crippen LogP contribution is -2.16. The normalized spacial score (nSPS) is 26.4. The van der Waals surface area contributed by atoms with Crippen molar-refractivity contribution in [1.29, 1.82) is 0 Å². The quantitative estimate of drug-likeness (QED) is 0.340. The van der Waals surface area contributed by atoms with E-state index in [2.05, 4.69) is 6.58 Å². The van der Waals surface area contributed by atoms with E-state index >= 15 is 0 Å². The number of hydroxylamine groups is 2. The fourth-order valence-corrected chi connectivity index (χ4v) is 0.845. The van der Waals surface area contributed by atoms with Crippen molar-refractivity contribution in [3.05, 3.63) is 12.7 Å². The van der Waals surface area contributed by atoms with Gasteiger partial charge in [-0.2, -0.15) is 5.06 Å². The van der Waals surface area contributed by atoms with Crippen molar-refractivity contribution < 1.29 is 14.4 Å². The highest BCUT2D eigenvalue weighted by molar-refractivity contribution is 5.78. The molecule has 0 N–H and O–H groups in total.